The van der Waals surface area contributed by atoms with Gasteiger partial charge < -0.3 is 20.5 Å². The Hall–Kier alpha value is -1.01. The Bertz CT molecular complexity index is 470. The van der Waals surface area contributed by atoms with Gasteiger partial charge in [-0.3, -0.25) is 4.99 Å². The second-order valence-electron chi connectivity index (χ2n) is 4.53. The quantitative estimate of drug-likeness (QED) is 0.388. The fraction of sp³-hybridized carbons (Fsp3) is 0.533. The summed E-state index contributed by atoms with van der Waals surface area (Å²) in [6.07, 6.45) is 0.863. The lowest BCUT2D eigenvalue weighted by atomic mass is 10.2. The van der Waals surface area contributed by atoms with E-state index in [0.29, 0.717) is 48.9 Å². The molecule has 0 aliphatic heterocycles. The highest BCUT2D eigenvalue weighted by molar-refractivity contribution is 6.35. The molecule has 0 spiro atoms. The van der Waals surface area contributed by atoms with E-state index >= 15 is 0 Å². The Morgan fingerprint density at radius 1 is 1.27 bits per heavy atom. The number of nitrogens with zero attached hydrogens (tertiary/aromatic N) is 1. The van der Waals surface area contributed by atoms with Gasteiger partial charge in [0.05, 0.1) is 13.2 Å². The maximum atomic E-state index is 6.06. The molecule has 7 heteroatoms. The molecule has 0 radical (unpaired) electrons. The monoisotopic (exact) mass is 347 g/mol. The van der Waals surface area contributed by atoms with Crippen LogP contribution in [0.1, 0.15) is 18.9 Å². The topological polar surface area (TPSA) is 68.9 Å². The predicted molar refractivity (Wildman–Crippen MR) is 91.7 cm³/mol. The Balaban J connectivity index is 2.10. The minimum atomic E-state index is 0.421. The van der Waals surface area contributed by atoms with Crippen LogP contribution in [0.5, 0.6) is 0 Å². The van der Waals surface area contributed by atoms with Gasteiger partial charge in [0.1, 0.15) is 0 Å². The van der Waals surface area contributed by atoms with Gasteiger partial charge in [-0.1, -0.05) is 29.3 Å². The standard InChI is InChI=1S/C15H23Cl2N3O2/c1-2-21-8-3-6-19-15(18)20-7-9-22-11-12-4-5-13(16)10-14(12)17/h4-5,10H,2-3,6-9,11H2,1H3,(H3,18,19,20). The summed E-state index contributed by atoms with van der Waals surface area (Å²) in [4.78, 5) is 4.19. The average Bonchev–Trinajstić information content (AvgIpc) is 2.48. The zero-order valence-corrected chi connectivity index (χ0v) is 14.3. The van der Waals surface area contributed by atoms with Crippen LogP contribution in [0.4, 0.5) is 0 Å². The van der Waals surface area contributed by atoms with Crippen molar-refractivity contribution in [2.75, 3.05) is 32.9 Å². The largest absolute Gasteiger partial charge is 0.382 e. The minimum Gasteiger partial charge on any atom is -0.382 e. The lowest BCUT2D eigenvalue weighted by Gasteiger charge is -2.08. The first-order chi connectivity index (χ1) is 10.6. The number of aliphatic imine (C=N–C) groups is 1. The SMILES string of the molecule is CCOCCCN=C(N)NCCOCc1ccc(Cl)cc1Cl. The summed E-state index contributed by atoms with van der Waals surface area (Å²) < 4.78 is 10.7. The fourth-order valence-corrected chi connectivity index (χ4v) is 2.10. The van der Waals surface area contributed by atoms with E-state index in [1.807, 2.05) is 13.0 Å². The average molecular weight is 348 g/mol. The Morgan fingerprint density at radius 2 is 2.09 bits per heavy atom. The molecule has 3 N–H and O–H groups in total. The molecule has 0 unspecified atom stereocenters. The highest BCUT2D eigenvalue weighted by Crippen LogP contribution is 2.21. The third-order valence-corrected chi connectivity index (χ3v) is 3.35. The van der Waals surface area contributed by atoms with E-state index in [1.165, 1.54) is 0 Å². The summed E-state index contributed by atoms with van der Waals surface area (Å²) in [5, 5.41) is 4.21. The van der Waals surface area contributed by atoms with Crippen molar-refractivity contribution in [2.24, 2.45) is 10.7 Å². The highest BCUT2D eigenvalue weighted by atomic mass is 35.5. The molecule has 0 aliphatic rings. The summed E-state index contributed by atoms with van der Waals surface area (Å²) in [7, 11) is 0. The number of benzene rings is 1. The first-order valence-electron chi connectivity index (χ1n) is 7.26. The number of nitrogens with one attached hydrogen (secondary N) is 1. The fourth-order valence-electron chi connectivity index (χ4n) is 1.64. The molecule has 0 saturated carbocycles. The summed E-state index contributed by atoms with van der Waals surface area (Å²) in [5.41, 5.74) is 6.64. The zero-order chi connectivity index (χ0) is 16.2. The molecule has 0 aromatic heterocycles. The van der Waals surface area contributed by atoms with Crippen molar-refractivity contribution in [3.05, 3.63) is 33.8 Å². The van der Waals surface area contributed by atoms with Crippen LogP contribution in [0.25, 0.3) is 0 Å². The highest BCUT2D eigenvalue weighted by Gasteiger charge is 2.01. The summed E-state index contributed by atoms with van der Waals surface area (Å²) in [6.45, 7) is 5.59. The lowest BCUT2D eigenvalue weighted by molar-refractivity contribution is 0.125. The van der Waals surface area contributed by atoms with Crippen molar-refractivity contribution >= 4 is 29.2 Å². The van der Waals surface area contributed by atoms with Crippen molar-refractivity contribution < 1.29 is 9.47 Å². The van der Waals surface area contributed by atoms with Crippen molar-refractivity contribution in [3.63, 3.8) is 0 Å². The number of ether oxygens (including phenoxy) is 2. The minimum absolute atomic E-state index is 0.421. The number of hydrogen-bond donors (Lipinski definition) is 2. The number of guanidine groups is 1. The van der Waals surface area contributed by atoms with Crippen LogP contribution < -0.4 is 11.1 Å². The smallest absolute Gasteiger partial charge is 0.188 e. The van der Waals surface area contributed by atoms with E-state index < -0.39 is 0 Å². The normalized spacial score (nSPS) is 11.7. The predicted octanol–water partition coefficient (Wildman–Crippen LogP) is 2.84. The molecule has 22 heavy (non-hydrogen) atoms. The van der Waals surface area contributed by atoms with Crippen molar-refractivity contribution in [2.45, 2.75) is 20.0 Å². The number of nitrogens with two attached hydrogens (primary N) is 1. The molecule has 0 amide bonds. The van der Waals surface area contributed by atoms with E-state index in [-0.39, 0.29) is 0 Å². The maximum Gasteiger partial charge on any atom is 0.188 e. The maximum absolute atomic E-state index is 6.06. The molecule has 0 aliphatic carbocycles. The molecular formula is C15H23Cl2N3O2. The third kappa shape index (κ3) is 8.44. The summed E-state index contributed by atoms with van der Waals surface area (Å²) in [6, 6.07) is 5.34. The van der Waals surface area contributed by atoms with Crippen LogP contribution in [0.2, 0.25) is 10.0 Å². The van der Waals surface area contributed by atoms with Crippen molar-refractivity contribution in [3.8, 4) is 0 Å². The van der Waals surface area contributed by atoms with Gasteiger partial charge in [0, 0.05) is 36.3 Å². The summed E-state index contributed by atoms with van der Waals surface area (Å²) >= 11 is 11.9. The molecule has 1 rings (SSSR count). The second-order valence-corrected chi connectivity index (χ2v) is 5.38. The van der Waals surface area contributed by atoms with Crippen LogP contribution in [0.3, 0.4) is 0 Å². The Kier molecular flexibility index (Phi) is 9.99. The van der Waals surface area contributed by atoms with Crippen LogP contribution in [0, 0.1) is 0 Å². The molecule has 1 aromatic carbocycles. The van der Waals surface area contributed by atoms with Crippen molar-refractivity contribution in [1.29, 1.82) is 0 Å². The van der Waals surface area contributed by atoms with Crippen LogP contribution in [-0.4, -0.2) is 38.9 Å². The van der Waals surface area contributed by atoms with Crippen LogP contribution >= 0.6 is 23.2 Å². The van der Waals surface area contributed by atoms with Crippen molar-refractivity contribution in [1.82, 2.24) is 5.32 Å². The Morgan fingerprint density at radius 3 is 2.82 bits per heavy atom. The first kappa shape index (κ1) is 19.0. The second kappa shape index (κ2) is 11.5. The molecule has 1 aromatic rings. The lowest BCUT2D eigenvalue weighted by Crippen LogP contribution is -2.34. The zero-order valence-electron chi connectivity index (χ0n) is 12.8. The number of rotatable bonds is 10. The van der Waals surface area contributed by atoms with Gasteiger partial charge in [-0.05, 0) is 31.0 Å². The molecular weight excluding hydrogens is 325 g/mol. The van der Waals surface area contributed by atoms with Gasteiger partial charge in [0.15, 0.2) is 5.96 Å². The molecule has 0 bridgehead atoms. The van der Waals surface area contributed by atoms with E-state index in [4.69, 9.17) is 38.4 Å². The van der Waals surface area contributed by atoms with Crippen LogP contribution in [-0.2, 0) is 16.1 Å². The molecule has 0 atom stereocenters. The van der Waals surface area contributed by atoms with Gasteiger partial charge >= 0.3 is 0 Å². The molecule has 0 fully saturated rings. The summed E-state index contributed by atoms with van der Waals surface area (Å²) in [5.74, 6) is 0.421. The van der Waals surface area contributed by atoms with Gasteiger partial charge in [0.2, 0.25) is 0 Å². The van der Waals surface area contributed by atoms with Gasteiger partial charge in [-0.25, -0.2) is 0 Å². The van der Waals surface area contributed by atoms with E-state index in [0.717, 1.165) is 18.6 Å². The molecule has 5 nitrogen and oxygen atoms in total. The molecule has 124 valence electrons. The van der Waals surface area contributed by atoms with E-state index in [2.05, 4.69) is 10.3 Å². The third-order valence-electron chi connectivity index (χ3n) is 2.76. The van der Waals surface area contributed by atoms with Gasteiger partial charge in [0.25, 0.3) is 0 Å². The molecule has 0 heterocycles. The number of halogens is 2. The first-order valence-corrected chi connectivity index (χ1v) is 8.02. The Labute approximate surface area is 141 Å². The van der Waals surface area contributed by atoms with E-state index in [1.54, 1.807) is 12.1 Å². The number of hydrogen-bond acceptors (Lipinski definition) is 3. The molecule has 0 saturated heterocycles. The van der Waals surface area contributed by atoms with Crippen LogP contribution in [0.15, 0.2) is 23.2 Å². The van der Waals surface area contributed by atoms with Gasteiger partial charge in [-0.2, -0.15) is 0 Å². The van der Waals surface area contributed by atoms with E-state index in [9.17, 15) is 0 Å². The van der Waals surface area contributed by atoms with Gasteiger partial charge in [-0.15, -0.1) is 0 Å².